The number of carbonyl (C=O) groups is 1. The van der Waals surface area contributed by atoms with Crippen molar-refractivity contribution in [2.24, 2.45) is 0 Å². The number of amides is 1. The van der Waals surface area contributed by atoms with Crippen LogP contribution in [0.25, 0.3) is 0 Å². The zero-order chi connectivity index (χ0) is 26.0. The van der Waals surface area contributed by atoms with E-state index in [0.717, 1.165) is 11.1 Å². The van der Waals surface area contributed by atoms with Gasteiger partial charge in [-0.3, -0.25) is 4.79 Å². The fourth-order valence-electron chi connectivity index (χ4n) is 4.62. The Labute approximate surface area is 223 Å². The van der Waals surface area contributed by atoms with Crippen LogP contribution in [0.15, 0.2) is 60.7 Å². The molecule has 2 N–H and O–H groups in total. The van der Waals surface area contributed by atoms with Gasteiger partial charge < -0.3 is 15.4 Å². The van der Waals surface area contributed by atoms with Crippen molar-refractivity contribution in [3.63, 3.8) is 0 Å². The van der Waals surface area contributed by atoms with E-state index in [0.29, 0.717) is 34.1 Å². The van der Waals surface area contributed by atoms with Crippen molar-refractivity contribution >= 4 is 52.0 Å². The number of fused-ring (bicyclic) bond motifs is 2. The molecule has 0 radical (unpaired) electrons. The predicted octanol–water partition coefficient (Wildman–Crippen LogP) is 7.39. The number of halogens is 4. The van der Waals surface area contributed by atoms with E-state index < -0.39 is 23.1 Å². The Kier molecular flexibility index (Phi) is 7.83. The molecular weight excluding hydrogens is 525 g/mol. The number of anilines is 1. The quantitative estimate of drug-likeness (QED) is 0.335. The van der Waals surface area contributed by atoms with Crippen molar-refractivity contribution in [2.75, 3.05) is 5.32 Å². The summed E-state index contributed by atoms with van der Waals surface area (Å²) in [4.78, 5) is 13.7. The number of rotatable bonds is 3. The maximum Gasteiger partial charge on any atom is 0.237 e. The molecule has 2 atom stereocenters. The maximum atomic E-state index is 15.1. The van der Waals surface area contributed by atoms with Crippen molar-refractivity contribution < 1.29 is 18.3 Å². The molecule has 1 spiro atoms. The van der Waals surface area contributed by atoms with Crippen molar-refractivity contribution in [1.82, 2.24) is 5.32 Å². The Bertz CT molecular complexity index is 1310. The molecule has 188 valence electrons. The molecule has 0 aromatic heterocycles. The van der Waals surface area contributed by atoms with E-state index >= 15 is 4.39 Å². The molecule has 1 saturated heterocycles. The molecule has 3 aromatic rings. The van der Waals surface area contributed by atoms with Gasteiger partial charge in [-0.25, -0.2) is 8.78 Å². The lowest BCUT2D eigenvalue weighted by Gasteiger charge is -2.42. The first kappa shape index (κ1) is 26.3. The molecule has 0 bridgehead atoms. The van der Waals surface area contributed by atoms with E-state index in [-0.39, 0.29) is 23.3 Å². The lowest BCUT2D eigenvalue weighted by molar-refractivity contribution is -0.122. The van der Waals surface area contributed by atoms with Crippen LogP contribution in [-0.4, -0.2) is 17.0 Å². The highest BCUT2D eigenvalue weighted by Gasteiger charge is 2.56. The smallest absolute Gasteiger partial charge is 0.237 e. The van der Waals surface area contributed by atoms with Gasteiger partial charge in [-0.05, 0) is 68.7 Å². The van der Waals surface area contributed by atoms with Crippen molar-refractivity contribution in [2.45, 2.75) is 44.2 Å². The van der Waals surface area contributed by atoms with E-state index in [1.54, 1.807) is 32.0 Å². The van der Waals surface area contributed by atoms with Crippen LogP contribution in [0.4, 0.5) is 14.5 Å². The number of carbonyl (C=O) groups excluding carboxylic acids is 1. The number of ether oxygens (including phenoxy) is 1. The monoisotopic (exact) mass is 548 g/mol. The van der Waals surface area contributed by atoms with Gasteiger partial charge >= 0.3 is 0 Å². The highest BCUT2D eigenvalue weighted by molar-refractivity contribution is 7.80. The largest absolute Gasteiger partial charge is 0.491 e. The van der Waals surface area contributed by atoms with Crippen LogP contribution < -0.4 is 15.4 Å². The molecule has 1 amide bonds. The first-order valence-corrected chi connectivity index (χ1v) is 12.6. The van der Waals surface area contributed by atoms with Gasteiger partial charge in [-0.2, -0.15) is 0 Å². The normalized spacial score (nSPS) is 20.4. The number of piperidine rings is 1. The fourth-order valence-corrected chi connectivity index (χ4v) is 5.16. The molecule has 9 heteroatoms. The van der Waals surface area contributed by atoms with Gasteiger partial charge in [-0.1, -0.05) is 59.7 Å². The molecule has 3 aromatic carbocycles. The Morgan fingerprint density at radius 2 is 1.78 bits per heavy atom. The standard InChI is InChI=1S/C21H19ClF2N2O2S.C6H5Cl/c1-10(2)28-15-6-5-13(23)18(24)17(15)19-21(8-7-16(29)26-19)12-4-3-11(22)9-14(12)25-20(21)27;7-6-4-2-1-3-5-6/h3-6,9-10,19H,7-8H2,1-2H3,(H,25,27)(H,26,29);1-5H/t19-,21-;/m1./s1. The second kappa shape index (κ2) is 10.7. The number of hydrogen-bond acceptors (Lipinski definition) is 3. The lowest BCUT2D eigenvalue weighted by Crippen LogP contribution is -2.52. The van der Waals surface area contributed by atoms with E-state index in [1.165, 1.54) is 6.07 Å². The van der Waals surface area contributed by atoms with Gasteiger partial charge in [0.15, 0.2) is 11.6 Å². The van der Waals surface area contributed by atoms with E-state index in [1.807, 2.05) is 30.3 Å². The van der Waals surface area contributed by atoms with Gasteiger partial charge in [0.05, 0.1) is 22.7 Å². The molecule has 5 rings (SSSR count). The minimum atomic E-state index is -1.17. The highest BCUT2D eigenvalue weighted by Crippen LogP contribution is 2.53. The number of nitrogens with one attached hydrogen (secondary N) is 2. The summed E-state index contributed by atoms with van der Waals surface area (Å²) in [7, 11) is 0. The molecule has 2 heterocycles. The summed E-state index contributed by atoms with van der Waals surface area (Å²) in [5, 5.41) is 7.19. The summed E-state index contributed by atoms with van der Waals surface area (Å²) in [6.07, 6.45) is 0.522. The maximum absolute atomic E-state index is 15.1. The van der Waals surface area contributed by atoms with Gasteiger partial charge in [0.1, 0.15) is 11.2 Å². The average Bonchev–Trinajstić information content (AvgIpc) is 3.10. The SMILES string of the molecule is CC(C)Oc1ccc(F)c(F)c1[C@H]1NC(=S)CC[C@]12C(=O)Nc1cc(Cl)ccc12.Clc1ccccc1. The first-order valence-electron chi connectivity index (χ1n) is 11.4. The number of benzene rings is 3. The molecule has 4 nitrogen and oxygen atoms in total. The molecule has 0 aliphatic carbocycles. The van der Waals surface area contributed by atoms with Gasteiger partial charge in [0.25, 0.3) is 0 Å². The number of hydrogen-bond donors (Lipinski definition) is 2. The van der Waals surface area contributed by atoms with Crippen LogP contribution in [0.2, 0.25) is 10.0 Å². The average molecular weight is 549 g/mol. The molecule has 36 heavy (non-hydrogen) atoms. The lowest BCUT2D eigenvalue weighted by atomic mass is 9.67. The molecule has 0 saturated carbocycles. The second-order valence-electron chi connectivity index (χ2n) is 8.85. The zero-order valence-corrected chi connectivity index (χ0v) is 21.9. The van der Waals surface area contributed by atoms with E-state index in [4.69, 9.17) is 40.2 Å². The highest BCUT2D eigenvalue weighted by atomic mass is 35.5. The third kappa shape index (κ3) is 5.05. The predicted molar refractivity (Wildman–Crippen MR) is 143 cm³/mol. The van der Waals surface area contributed by atoms with Crippen molar-refractivity contribution in [3.05, 3.63) is 93.5 Å². The molecule has 0 unspecified atom stereocenters. The summed E-state index contributed by atoms with van der Waals surface area (Å²) in [5.74, 6) is -2.20. The third-order valence-electron chi connectivity index (χ3n) is 6.14. The molecule has 2 aliphatic rings. The Balaban J connectivity index is 0.000000375. The van der Waals surface area contributed by atoms with Crippen LogP contribution in [0.5, 0.6) is 5.75 Å². The van der Waals surface area contributed by atoms with Gasteiger partial charge in [-0.15, -0.1) is 0 Å². The minimum Gasteiger partial charge on any atom is -0.491 e. The summed E-state index contributed by atoms with van der Waals surface area (Å²) in [6.45, 7) is 3.58. The fraction of sp³-hybridized carbons (Fsp3) is 0.259. The third-order valence-corrected chi connectivity index (χ3v) is 6.95. The topological polar surface area (TPSA) is 50.4 Å². The summed E-state index contributed by atoms with van der Waals surface area (Å²) in [5.41, 5.74) is 0.0152. The van der Waals surface area contributed by atoms with Crippen molar-refractivity contribution in [3.8, 4) is 5.75 Å². The minimum absolute atomic E-state index is 0.0429. The van der Waals surface area contributed by atoms with Crippen molar-refractivity contribution in [1.29, 1.82) is 0 Å². The molecule has 1 fully saturated rings. The second-order valence-corrected chi connectivity index (χ2v) is 10.2. The van der Waals surface area contributed by atoms with Crippen LogP contribution in [-0.2, 0) is 10.2 Å². The molecular formula is C27H24Cl2F2N2O2S. The Morgan fingerprint density at radius 1 is 1.06 bits per heavy atom. The summed E-state index contributed by atoms with van der Waals surface area (Å²) >= 11 is 17.0. The number of thiocarbonyl (C=S) groups is 1. The van der Waals surface area contributed by atoms with Gasteiger partial charge in [0.2, 0.25) is 5.91 Å². The Hall–Kier alpha value is -2.74. The van der Waals surface area contributed by atoms with Crippen LogP contribution >= 0.6 is 35.4 Å². The molecule has 2 aliphatic heterocycles. The van der Waals surface area contributed by atoms with Crippen LogP contribution in [0, 0.1) is 11.6 Å². The van der Waals surface area contributed by atoms with E-state index in [9.17, 15) is 9.18 Å². The van der Waals surface area contributed by atoms with Gasteiger partial charge in [0, 0.05) is 15.7 Å². The van der Waals surface area contributed by atoms with Crippen LogP contribution in [0.3, 0.4) is 0 Å². The first-order chi connectivity index (χ1) is 17.1. The van der Waals surface area contributed by atoms with Crippen LogP contribution in [0.1, 0.15) is 43.9 Å². The Morgan fingerprint density at radius 3 is 2.42 bits per heavy atom. The van der Waals surface area contributed by atoms with E-state index in [2.05, 4.69) is 10.6 Å². The summed E-state index contributed by atoms with van der Waals surface area (Å²) in [6, 6.07) is 16.0. The summed E-state index contributed by atoms with van der Waals surface area (Å²) < 4.78 is 35.2. The zero-order valence-electron chi connectivity index (χ0n) is 19.6.